The molecule has 1 fully saturated rings. The molecule has 1 atom stereocenters. The number of nitrogens with one attached hydrogen (secondary N) is 2. The van der Waals surface area contributed by atoms with Crippen LogP contribution < -0.4 is 10.6 Å². The lowest BCUT2D eigenvalue weighted by atomic mass is 9.88. The van der Waals surface area contributed by atoms with Crippen LogP contribution in [0.15, 0.2) is 24.4 Å². The molecular formula is C16H26N4O2. The predicted molar refractivity (Wildman–Crippen MR) is 85.7 cm³/mol. The fourth-order valence-corrected chi connectivity index (χ4v) is 2.73. The predicted octanol–water partition coefficient (Wildman–Crippen LogP) is 1.55. The Morgan fingerprint density at radius 2 is 2.14 bits per heavy atom. The number of aromatic nitrogens is 1. The molecule has 0 aromatic carbocycles. The second-order valence-corrected chi connectivity index (χ2v) is 6.03. The molecule has 2 heterocycles. The van der Waals surface area contributed by atoms with Gasteiger partial charge >= 0.3 is 6.03 Å². The van der Waals surface area contributed by atoms with Crippen molar-refractivity contribution in [3.63, 3.8) is 0 Å². The van der Waals surface area contributed by atoms with E-state index < -0.39 is 0 Å². The molecule has 6 heteroatoms. The summed E-state index contributed by atoms with van der Waals surface area (Å²) >= 11 is 0. The van der Waals surface area contributed by atoms with Crippen LogP contribution in [0.5, 0.6) is 0 Å². The second kappa shape index (κ2) is 7.56. The van der Waals surface area contributed by atoms with E-state index in [9.17, 15) is 4.79 Å². The molecule has 1 aromatic heterocycles. The Balaban J connectivity index is 1.86. The SMILES string of the molecule is C[C@@H](NC(=O)NCC1(N(C)C)CCOCC1)c1ccccn1. The van der Waals surface area contributed by atoms with Crippen LogP contribution in [0.4, 0.5) is 4.79 Å². The summed E-state index contributed by atoms with van der Waals surface area (Å²) in [6.45, 7) is 4.03. The molecule has 0 bridgehead atoms. The van der Waals surface area contributed by atoms with Gasteiger partial charge in [-0.3, -0.25) is 4.98 Å². The Kier molecular flexibility index (Phi) is 5.74. The molecule has 2 N–H and O–H groups in total. The van der Waals surface area contributed by atoms with Crippen molar-refractivity contribution in [3.05, 3.63) is 30.1 Å². The molecule has 1 saturated heterocycles. The number of hydrogen-bond donors (Lipinski definition) is 2. The first-order valence-electron chi connectivity index (χ1n) is 7.74. The minimum absolute atomic E-state index is 0.0240. The van der Waals surface area contributed by atoms with Crippen LogP contribution in [0.3, 0.4) is 0 Å². The zero-order valence-electron chi connectivity index (χ0n) is 13.6. The van der Waals surface area contributed by atoms with Crippen LogP contribution in [-0.4, -0.2) is 55.3 Å². The van der Waals surface area contributed by atoms with Crippen molar-refractivity contribution in [1.29, 1.82) is 0 Å². The number of carbonyl (C=O) groups is 1. The van der Waals surface area contributed by atoms with Crippen molar-refractivity contribution < 1.29 is 9.53 Å². The third-order valence-corrected chi connectivity index (χ3v) is 4.43. The first-order chi connectivity index (χ1) is 10.5. The Morgan fingerprint density at radius 3 is 2.73 bits per heavy atom. The zero-order chi connectivity index (χ0) is 16.0. The van der Waals surface area contributed by atoms with Gasteiger partial charge in [-0.1, -0.05) is 6.07 Å². The number of nitrogens with zero attached hydrogens (tertiary/aromatic N) is 2. The van der Waals surface area contributed by atoms with Crippen molar-refractivity contribution in [2.24, 2.45) is 0 Å². The summed E-state index contributed by atoms with van der Waals surface area (Å²) in [5.41, 5.74) is 0.829. The second-order valence-electron chi connectivity index (χ2n) is 6.03. The highest BCUT2D eigenvalue weighted by Gasteiger charge is 2.35. The van der Waals surface area contributed by atoms with Gasteiger partial charge in [0.15, 0.2) is 0 Å². The van der Waals surface area contributed by atoms with Crippen molar-refractivity contribution in [2.75, 3.05) is 33.9 Å². The van der Waals surface area contributed by atoms with Gasteiger partial charge in [0.2, 0.25) is 0 Å². The number of ether oxygens (including phenoxy) is 1. The maximum Gasteiger partial charge on any atom is 0.315 e. The summed E-state index contributed by atoms with van der Waals surface area (Å²) in [7, 11) is 4.11. The largest absolute Gasteiger partial charge is 0.381 e. The van der Waals surface area contributed by atoms with E-state index in [4.69, 9.17) is 4.74 Å². The van der Waals surface area contributed by atoms with Gasteiger partial charge < -0.3 is 20.3 Å². The first-order valence-corrected chi connectivity index (χ1v) is 7.74. The number of carbonyl (C=O) groups excluding carboxylic acids is 1. The number of rotatable bonds is 5. The van der Waals surface area contributed by atoms with Gasteiger partial charge in [0, 0.05) is 31.5 Å². The lowest BCUT2D eigenvalue weighted by Crippen LogP contribution is -2.56. The zero-order valence-corrected chi connectivity index (χ0v) is 13.6. The van der Waals surface area contributed by atoms with Crippen LogP contribution in [0, 0.1) is 0 Å². The summed E-state index contributed by atoms with van der Waals surface area (Å²) in [5.74, 6) is 0. The summed E-state index contributed by atoms with van der Waals surface area (Å²) in [4.78, 5) is 18.6. The van der Waals surface area contributed by atoms with Crippen molar-refractivity contribution in [2.45, 2.75) is 31.3 Å². The fraction of sp³-hybridized carbons (Fsp3) is 0.625. The maximum atomic E-state index is 12.1. The Hall–Kier alpha value is -1.66. The molecule has 1 aromatic rings. The Morgan fingerprint density at radius 1 is 1.41 bits per heavy atom. The molecule has 1 aliphatic heterocycles. The molecular weight excluding hydrogens is 280 g/mol. The molecule has 2 amide bonds. The monoisotopic (exact) mass is 306 g/mol. The van der Waals surface area contributed by atoms with Gasteiger partial charge in [-0.15, -0.1) is 0 Å². The van der Waals surface area contributed by atoms with Gasteiger partial charge in [-0.25, -0.2) is 4.79 Å². The summed E-state index contributed by atoms with van der Waals surface area (Å²) in [6.07, 6.45) is 3.58. The lowest BCUT2D eigenvalue weighted by Gasteiger charge is -2.42. The normalized spacial score (nSPS) is 18.7. The smallest absolute Gasteiger partial charge is 0.315 e. The quantitative estimate of drug-likeness (QED) is 0.866. The van der Waals surface area contributed by atoms with Crippen LogP contribution in [-0.2, 0) is 4.74 Å². The Labute approximate surface area is 132 Å². The molecule has 0 radical (unpaired) electrons. The van der Waals surface area contributed by atoms with Crippen LogP contribution in [0.25, 0.3) is 0 Å². The standard InChI is InChI=1S/C16H26N4O2/c1-13(14-6-4-5-9-17-14)19-15(21)18-12-16(20(2)3)7-10-22-11-8-16/h4-6,9,13H,7-8,10-12H2,1-3H3,(H2,18,19,21)/t13-/m1/s1. The van der Waals surface area contributed by atoms with Crippen molar-refractivity contribution >= 4 is 6.03 Å². The summed E-state index contributed by atoms with van der Waals surface area (Å²) in [5, 5.41) is 5.93. The molecule has 22 heavy (non-hydrogen) atoms. The van der Waals surface area contributed by atoms with Gasteiger partial charge in [0.05, 0.1) is 11.7 Å². The van der Waals surface area contributed by atoms with E-state index >= 15 is 0 Å². The highest BCUT2D eigenvalue weighted by atomic mass is 16.5. The number of urea groups is 1. The van der Waals surface area contributed by atoms with E-state index in [1.165, 1.54) is 0 Å². The molecule has 0 saturated carbocycles. The van der Waals surface area contributed by atoms with Crippen LogP contribution in [0.2, 0.25) is 0 Å². The van der Waals surface area contributed by atoms with E-state index in [1.807, 2.05) is 25.1 Å². The number of hydrogen-bond acceptors (Lipinski definition) is 4. The number of amides is 2. The highest BCUT2D eigenvalue weighted by Crippen LogP contribution is 2.25. The van der Waals surface area contributed by atoms with Crippen LogP contribution >= 0.6 is 0 Å². The number of likely N-dealkylation sites (N-methyl/N-ethyl adjacent to an activating group) is 1. The van der Waals surface area contributed by atoms with E-state index in [2.05, 4.69) is 34.6 Å². The molecule has 122 valence electrons. The average molecular weight is 306 g/mol. The molecule has 0 aliphatic carbocycles. The first kappa shape index (κ1) is 16.7. The fourth-order valence-electron chi connectivity index (χ4n) is 2.73. The molecule has 6 nitrogen and oxygen atoms in total. The minimum atomic E-state index is -0.161. The van der Waals surface area contributed by atoms with Gasteiger partial charge in [-0.2, -0.15) is 0 Å². The van der Waals surface area contributed by atoms with Crippen molar-refractivity contribution in [1.82, 2.24) is 20.5 Å². The van der Waals surface area contributed by atoms with E-state index in [0.717, 1.165) is 31.7 Å². The van der Waals surface area contributed by atoms with Crippen molar-refractivity contribution in [3.8, 4) is 0 Å². The third kappa shape index (κ3) is 4.18. The van der Waals surface area contributed by atoms with Gasteiger partial charge in [0.1, 0.15) is 0 Å². The lowest BCUT2D eigenvalue weighted by molar-refractivity contribution is -0.00574. The average Bonchev–Trinajstić information content (AvgIpc) is 2.54. The van der Waals surface area contributed by atoms with E-state index in [1.54, 1.807) is 6.20 Å². The topological polar surface area (TPSA) is 66.5 Å². The Bertz CT molecular complexity index is 472. The van der Waals surface area contributed by atoms with Crippen LogP contribution in [0.1, 0.15) is 31.5 Å². The number of pyridine rings is 1. The molecule has 0 spiro atoms. The summed E-state index contributed by atoms with van der Waals surface area (Å²) < 4.78 is 5.44. The van der Waals surface area contributed by atoms with Gasteiger partial charge in [0.25, 0.3) is 0 Å². The van der Waals surface area contributed by atoms with E-state index in [0.29, 0.717) is 6.54 Å². The van der Waals surface area contributed by atoms with Gasteiger partial charge in [-0.05, 0) is 46.0 Å². The van der Waals surface area contributed by atoms with E-state index in [-0.39, 0.29) is 17.6 Å². The third-order valence-electron chi connectivity index (χ3n) is 4.43. The highest BCUT2D eigenvalue weighted by molar-refractivity contribution is 5.74. The summed E-state index contributed by atoms with van der Waals surface area (Å²) in [6, 6.07) is 5.41. The molecule has 2 rings (SSSR count). The molecule has 1 aliphatic rings. The maximum absolute atomic E-state index is 12.1. The molecule has 0 unspecified atom stereocenters. The minimum Gasteiger partial charge on any atom is -0.381 e.